The largest absolute Gasteiger partial charge is 0.374 e. The van der Waals surface area contributed by atoms with Crippen LogP contribution >= 0.6 is 11.6 Å². The van der Waals surface area contributed by atoms with E-state index in [1.807, 2.05) is 0 Å². The molecule has 0 aliphatic heterocycles. The standard InChI is InChI=1S/C8H9ClN4O/c1-5(14)11-8-4-10-7-3-2-6(9)12-13(7)8/h2-5,11,14H,1H3. The molecule has 2 heterocycles. The van der Waals surface area contributed by atoms with Gasteiger partial charge in [0, 0.05) is 0 Å². The molecule has 2 aromatic rings. The summed E-state index contributed by atoms with van der Waals surface area (Å²) in [6.07, 6.45) is 0.932. The van der Waals surface area contributed by atoms with Crippen molar-refractivity contribution in [2.45, 2.75) is 13.2 Å². The fourth-order valence-electron chi connectivity index (χ4n) is 1.16. The molecular formula is C8H9ClN4O. The molecule has 1 unspecified atom stereocenters. The topological polar surface area (TPSA) is 62.5 Å². The monoisotopic (exact) mass is 212 g/mol. The first-order valence-corrected chi connectivity index (χ1v) is 4.49. The van der Waals surface area contributed by atoms with Crippen molar-refractivity contribution >= 4 is 23.1 Å². The number of hydrogen-bond donors (Lipinski definition) is 2. The van der Waals surface area contributed by atoms with Crippen LogP contribution in [0, 0.1) is 0 Å². The first-order chi connectivity index (χ1) is 6.66. The summed E-state index contributed by atoms with van der Waals surface area (Å²) in [5.74, 6) is 0.609. The molecule has 5 nitrogen and oxygen atoms in total. The van der Waals surface area contributed by atoms with Crippen LogP contribution in [0.3, 0.4) is 0 Å². The minimum absolute atomic E-state index is 0.379. The van der Waals surface area contributed by atoms with Crippen molar-refractivity contribution in [1.29, 1.82) is 0 Å². The van der Waals surface area contributed by atoms with Crippen molar-refractivity contribution in [2.24, 2.45) is 0 Å². The van der Waals surface area contributed by atoms with Gasteiger partial charge in [-0.1, -0.05) is 11.6 Å². The zero-order chi connectivity index (χ0) is 10.1. The average Bonchev–Trinajstić information content (AvgIpc) is 2.47. The Kier molecular flexibility index (Phi) is 2.26. The van der Waals surface area contributed by atoms with Gasteiger partial charge in [0.25, 0.3) is 0 Å². The Morgan fingerprint density at radius 2 is 2.36 bits per heavy atom. The van der Waals surface area contributed by atoms with Crippen LogP contribution in [-0.4, -0.2) is 25.9 Å². The maximum absolute atomic E-state index is 9.14. The Hall–Kier alpha value is -1.33. The zero-order valence-electron chi connectivity index (χ0n) is 7.48. The lowest BCUT2D eigenvalue weighted by molar-refractivity contribution is 0.223. The van der Waals surface area contributed by atoms with E-state index in [4.69, 9.17) is 16.7 Å². The molecule has 0 saturated heterocycles. The third-order valence-corrected chi connectivity index (χ3v) is 1.89. The third kappa shape index (κ3) is 1.64. The number of hydrogen-bond acceptors (Lipinski definition) is 4. The summed E-state index contributed by atoms with van der Waals surface area (Å²) in [4.78, 5) is 4.08. The van der Waals surface area contributed by atoms with E-state index in [2.05, 4.69) is 15.4 Å². The summed E-state index contributed by atoms with van der Waals surface area (Å²) in [6, 6.07) is 3.42. The van der Waals surface area contributed by atoms with Gasteiger partial charge >= 0.3 is 0 Å². The molecule has 0 fully saturated rings. The van der Waals surface area contributed by atoms with Crippen LogP contribution in [0.4, 0.5) is 5.82 Å². The van der Waals surface area contributed by atoms with Gasteiger partial charge in [0.1, 0.15) is 11.4 Å². The predicted octanol–water partition coefficient (Wildman–Crippen LogP) is 1.13. The number of fused-ring (bicyclic) bond motifs is 1. The molecule has 2 N–H and O–H groups in total. The van der Waals surface area contributed by atoms with Crippen molar-refractivity contribution in [1.82, 2.24) is 14.6 Å². The van der Waals surface area contributed by atoms with Gasteiger partial charge in [-0.05, 0) is 19.1 Å². The maximum atomic E-state index is 9.14. The van der Waals surface area contributed by atoms with E-state index in [0.29, 0.717) is 16.6 Å². The van der Waals surface area contributed by atoms with E-state index in [1.165, 1.54) is 4.52 Å². The van der Waals surface area contributed by atoms with Gasteiger partial charge < -0.3 is 10.4 Å². The van der Waals surface area contributed by atoms with Crippen molar-refractivity contribution in [2.75, 3.05) is 5.32 Å². The van der Waals surface area contributed by atoms with Gasteiger partial charge in [-0.25, -0.2) is 4.98 Å². The number of halogens is 1. The second-order valence-corrected chi connectivity index (χ2v) is 3.28. The first kappa shape index (κ1) is 9.23. The predicted molar refractivity (Wildman–Crippen MR) is 53.3 cm³/mol. The summed E-state index contributed by atoms with van der Waals surface area (Å²) >= 11 is 5.73. The van der Waals surface area contributed by atoms with Gasteiger partial charge in [-0.3, -0.25) is 0 Å². The van der Waals surface area contributed by atoms with E-state index in [0.717, 1.165) is 0 Å². The number of aromatic nitrogens is 3. The highest BCUT2D eigenvalue weighted by atomic mass is 35.5. The number of anilines is 1. The van der Waals surface area contributed by atoms with Crippen molar-refractivity contribution in [3.8, 4) is 0 Å². The molecule has 0 spiro atoms. The number of nitrogens with zero attached hydrogens (tertiary/aromatic N) is 3. The second-order valence-electron chi connectivity index (χ2n) is 2.89. The summed E-state index contributed by atoms with van der Waals surface area (Å²) in [5, 5.41) is 16.3. The fraction of sp³-hybridized carbons (Fsp3) is 0.250. The molecule has 74 valence electrons. The van der Waals surface area contributed by atoms with Crippen LogP contribution in [-0.2, 0) is 0 Å². The third-order valence-electron chi connectivity index (χ3n) is 1.69. The number of nitrogens with one attached hydrogen (secondary N) is 1. The summed E-state index contributed by atoms with van der Waals surface area (Å²) in [6.45, 7) is 1.62. The molecule has 2 rings (SSSR count). The van der Waals surface area contributed by atoms with E-state index in [-0.39, 0.29) is 0 Å². The molecular weight excluding hydrogens is 204 g/mol. The van der Waals surface area contributed by atoms with Crippen molar-refractivity contribution in [3.63, 3.8) is 0 Å². The lowest BCUT2D eigenvalue weighted by atomic mass is 10.5. The molecule has 0 radical (unpaired) electrons. The highest BCUT2D eigenvalue weighted by Gasteiger charge is 2.05. The van der Waals surface area contributed by atoms with Crippen LogP contribution in [0.25, 0.3) is 5.65 Å². The molecule has 0 aromatic carbocycles. The zero-order valence-corrected chi connectivity index (χ0v) is 8.23. The Bertz CT molecular complexity index is 454. The van der Waals surface area contributed by atoms with Gasteiger partial charge in [-0.2, -0.15) is 9.61 Å². The van der Waals surface area contributed by atoms with Crippen LogP contribution in [0.2, 0.25) is 5.15 Å². The Morgan fingerprint density at radius 3 is 3.07 bits per heavy atom. The molecule has 6 heteroatoms. The molecule has 0 amide bonds. The molecule has 0 saturated carbocycles. The molecule has 0 aliphatic carbocycles. The van der Waals surface area contributed by atoms with Gasteiger partial charge in [0.05, 0.1) is 6.20 Å². The van der Waals surface area contributed by atoms with E-state index < -0.39 is 6.23 Å². The summed E-state index contributed by atoms with van der Waals surface area (Å²) in [7, 11) is 0. The number of imidazole rings is 1. The van der Waals surface area contributed by atoms with E-state index >= 15 is 0 Å². The number of aliphatic hydroxyl groups is 1. The minimum Gasteiger partial charge on any atom is -0.374 e. The van der Waals surface area contributed by atoms with Crippen LogP contribution in [0.5, 0.6) is 0 Å². The fourth-order valence-corrected chi connectivity index (χ4v) is 1.30. The van der Waals surface area contributed by atoms with Gasteiger partial charge in [-0.15, -0.1) is 0 Å². The normalized spacial score (nSPS) is 13.1. The smallest absolute Gasteiger partial charge is 0.156 e. The molecule has 2 aromatic heterocycles. The van der Waals surface area contributed by atoms with Crippen LogP contribution in [0.1, 0.15) is 6.92 Å². The molecule has 0 bridgehead atoms. The summed E-state index contributed by atoms with van der Waals surface area (Å²) < 4.78 is 1.54. The highest BCUT2D eigenvalue weighted by Crippen LogP contribution is 2.13. The van der Waals surface area contributed by atoms with E-state index in [1.54, 1.807) is 25.3 Å². The molecule has 1 atom stereocenters. The van der Waals surface area contributed by atoms with Crippen molar-refractivity contribution in [3.05, 3.63) is 23.5 Å². The summed E-state index contributed by atoms with van der Waals surface area (Å²) in [5.41, 5.74) is 0.678. The molecule has 0 aliphatic rings. The van der Waals surface area contributed by atoms with Crippen LogP contribution in [0.15, 0.2) is 18.3 Å². The SMILES string of the molecule is CC(O)Nc1cnc2ccc(Cl)nn12. The maximum Gasteiger partial charge on any atom is 0.156 e. The first-order valence-electron chi connectivity index (χ1n) is 4.12. The molecule has 14 heavy (non-hydrogen) atoms. The van der Waals surface area contributed by atoms with Crippen LogP contribution < -0.4 is 5.32 Å². The van der Waals surface area contributed by atoms with Gasteiger partial charge in [0.15, 0.2) is 11.5 Å². The van der Waals surface area contributed by atoms with E-state index in [9.17, 15) is 0 Å². The number of rotatable bonds is 2. The Balaban J connectivity index is 2.50. The quantitative estimate of drug-likeness (QED) is 0.733. The Labute approximate surface area is 85.3 Å². The van der Waals surface area contributed by atoms with Gasteiger partial charge in [0.2, 0.25) is 0 Å². The second kappa shape index (κ2) is 3.43. The Morgan fingerprint density at radius 1 is 1.57 bits per heavy atom. The number of aliphatic hydroxyl groups excluding tert-OH is 1. The van der Waals surface area contributed by atoms with Crippen molar-refractivity contribution < 1.29 is 5.11 Å². The minimum atomic E-state index is -0.657. The average molecular weight is 213 g/mol. The highest BCUT2D eigenvalue weighted by molar-refractivity contribution is 6.29. The lowest BCUT2D eigenvalue weighted by Gasteiger charge is -2.06. The lowest BCUT2D eigenvalue weighted by Crippen LogP contribution is -2.15.